The van der Waals surface area contributed by atoms with Crippen molar-refractivity contribution in [3.63, 3.8) is 0 Å². The molecule has 0 fully saturated rings. The van der Waals surface area contributed by atoms with Crippen molar-refractivity contribution in [2.45, 2.75) is 12.2 Å². The van der Waals surface area contributed by atoms with Gasteiger partial charge in [0.05, 0.1) is 0 Å². The van der Waals surface area contributed by atoms with Crippen LogP contribution in [0.4, 0.5) is 0 Å². The highest BCUT2D eigenvalue weighted by Gasteiger charge is 2.29. The molecule has 2 atom stereocenters. The fraction of sp³-hybridized carbons (Fsp3) is 0.154. The SMILES string of the molecule is O=C(O)/C=C/c1ccc(O)cc1.O=C(O)C(O)C(O)C(=O)O. The van der Waals surface area contributed by atoms with Gasteiger partial charge in [0.2, 0.25) is 0 Å². The fourth-order valence-electron chi connectivity index (χ4n) is 1.02. The number of aliphatic hydroxyl groups is 2. The lowest BCUT2D eigenvalue weighted by Gasteiger charge is -2.07. The van der Waals surface area contributed by atoms with Gasteiger partial charge < -0.3 is 30.6 Å². The summed E-state index contributed by atoms with van der Waals surface area (Å²) in [6.07, 6.45) is -2.02. The number of aliphatic carboxylic acids is 3. The highest BCUT2D eigenvalue weighted by atomic mass is 16.4. The van der Waals surface area contributed by atoms with Gasteiger partial charge >= 0.3 is 17.9 Å². The van der Waals surface area contributed by atoms with Gasteiger partial charge in [0.1, 0.15) is 5.75 Å². The van der Waals surface area contributed by atoms with E-state index in [1.54, 1.807) is 12.1 Å². The molecule has 0 saturated carbocycles. The van der Waals surface area contributed by atoms with Crippen LogP contribution in [0.25, 0.3) is 6.08 Å². The maximum absolute atomic E-state index is 10.1. The van der Waals surface area contributed by atoms with E-state index in [2.05, 4.69) is 0 Å². The third-order valence-corrected chi connectivity index (χ3v) is 2.12. The van der Waals surface area contributed by atoms with Gasteiger partial charge in [-0.2, -0.15) is 0 Å². The van der Waals surface area contributed by atoms with E-state index in [4.69, 9.17) is 30.6 Å². The largest absolute Gasteiger partial charge is 0.508 e. The van der Waals surface area contributed by atoms with Crippen molar-refractivity contribution in [1.29, 1.82) is 0 Å². The van der Waals surface area contributed by atoms with Crippen LogP contribution in [0.2, 0.25) is 0 Å². The van der Waals surface area contributed by atoms with Crippen LogP contribution < -0.4 is 0 Å². The van der Waals surface area contributed by atoms with Crippen molar-refractivity contribution in [2.75, 3.05) is 0 Å². The predicted octanol–water partition coefficient (Wildman–Crippen LogP) is -0.633. The van der Waals surface area contributed by atoms with Crippen molar-refractivity contribution in [2.24, 2.45) is 0 Å². The highest BCUT2D eigenvalue weighted by Crippen LogP contribution is 2.10. The zero-order valence-corrected chi connectivity index (χ0v) is 11.0. The summed E-state index contributed by atoms with van der Waals surface area (Å²) >= 11 is 0. The molecule has 6 N–H and O–H groups in total. The van der Waals surface area contributed by atoms with Gasteiger partial charge in [-0.05, 0) is 23.8 Å². The van der Waals surface area contributed by atoms with Crippen LogP contribution in [0.3, 0.4) is 0 Å². The number of hydrogen-bond acceptors (Lipinski definition) is 6. The van der Waals surface area contributed by atoms with Gasteiger partial charge in [-0.3, -0.25) is 0 Å². The van der Waals surface area contributed by atoms with Crippen LogP contribution in [0, 0.1) is 0 Å². The summed E-state index contributed by atoms with van der Waals surface area (Å²) in [5, 5.41) is 49.7. The Morgan fingerprint density at radius 3 is 1.59 bits per heavy atom. The van der Waals surface area contributed by atoms with Crippen molar-refractivity contribution in [3.05, 3.63) is 35.9 Å². The van der Waals surface area contributed by atoms with Crippen molar-refractivity contribution in [1.82, 2.24) is 0 Å². The van der Waals surface area contributed by atoms with E-state index in [0.29, 0.717) is 0 Å². The second kappa shape index (κ2) is 9.10. The van der Waals surface area contributed by atoms with Crippen LogP contribution in [-0.2, 0) is 14.4 Å². The quantitative estimate of drug-likeness (QED) is 0.387. The Labute approximate surface area is 124 Å². The molecule has 120 valence electrons. The first-order valence-electron chi connectivity index (χ1n) is 5.67. The second-order valence-electron chi connectivity index (χ2n) is 3.83. The molecule has 0 radical (unpaired) electrons. The van der Waals surface area contributed by atoms with E-state index < -0.39 is 30.1 Å². The highest BCUT2D eigenvalue weighted by molar-refractivity contribution is 5.85. The van der Waals surface area contributed by atoms with Crippen molar-refractivity contribution in [3.8, 4) is 5.75 Å². The summed E-state index contributed by atoms with van der Waals surface area (Å²) in [7, 11) is 0. The number of phenols is 1. The fourth-order valence-corrected chi connectivity index (χ4v) is 1.02. The lowest BCUT2D eigenvalue weighted by molar-refractivity contribution is -0.165. The third-order valence-electron chi connectivity index (χ3n) is 2.12. The molecule has 0 heterocycles. The molecule has 2 unspecified atom stereocenters. The molecule has 9 nitrogen and oxygen atoms in total. The maximum Gasteiger partial charge on any atom is 0.335 e. The number of hydrogen-bond donors (Lipinski definition) is 6. The van der Waals surface area contributed by atoms with E-state index in [0.717, 1.165) is 11.6 Å². The van der Waals surface area contributed by atoms with E-state index >= 15 is 0 Å². The Kier molecular flexibility index (Phi) is 7.90. The number of carboxylic acids is 3. The van der Waals surface area contributed by atoms with Crippen molar-refractivity contribution < 1.29 is 45.0 Å². The average molecular weight is 314 g/mol. The lowest BCUT2D eigenvalue weighted by Crippen LogP contribution is -2.39. The number of phenolic OH excluding ortho intramolecular Hbond substituents is 1. The molecular formula is C13H14O9. The summed E-state index contributed by atoms with van der Waals surface area (Å²) in [5.74, 6) is -4.35. The molecule has 1 aromatic rings. The number of carboxylic acid groups (broad SMARTS) is 3. The minimum absolute atomic E-state index is 0.169. The Hall–Kier alpha value is -2.91. The van der Waals surface area contributed by atoms with Gasteiger partial charge in [-0.15, -0.1) is 0 Å². The molecule has 0 aliphatic rings. The number of carbonyl (C=O) groups is 3. The summed E-state index contributed by atoms with van der Waals surface area (Å²) < 4.78 is 0. The van der Waals surface area contributed by atoms with Crippen LogP contribution in [0.1, 0.15) is 5.56 Å². The Morgan fingerprint density at radius 2 is 1.27 bits per heavy atom. The average Bonchev–Trinajstić information content (AvgIpc) is 2.45. The smallest absolute Gasteiger partial charge is 0.335 e. The monoisotopic (exact) mass is 314 g/mol. The van der Waals surface area contributed by atoms with Gasteiger partial charge in [0.25, 0.3) is 0 Å². The van der Waals surface area contributed by atoms with E-state index in [1.165, 1.54) is 18.2 Å². The molecule has 0 bridgehead atoms. The van der Waals surface area contributed by atoms with E-state index in [9.17, 15) is 14.4 Å². The Bertz CT molecular complexity index is 529. The normalized spacial score (nSPS) is 12.8. The molecule has 0 aliphatic heterocycles. The Morgan fingerprint density at radius 1 is 0.864 bits per heavy atom. The molecule has 1 rings (SSSR count). The lowest BCUT2D eigenvalue weighted by atomic mass is 10.2. The van der Waals surface area contributed by atoms with Crippen molar-refractivity contribution >= 4 is 24.0 Å². The first-order valence-corrected chi connectivity index (χ1v) is 5.67. The predicted molar refractivity (Wildman–Crippen MR) is 72.1 cm³/mol. The molecule has 0 spiro atoms. The number of benzene rings is 1. The number of rotatable bonds is 5. The van der Waals surface area contributed by atoms with Crippen LogP contribution in [-0.4, -0.2) is 60.8 Å². The van der Waals surface area contributed by atoms with Gasteiger partial charge in [-0.25, -0.2) is 14.4 Å². The Balaban J connectivity index is 0.000000409. The number of aromatic hydroxyl groups is 1. The topological polar surface area (TPSA) is 173 Å². The number of aliphatic hydroxyl groups excluding tert-OH is 2. The molecule has 22 heavy (non-hydrogen) atoms. The zero-order chi connectivity index (χ0) is 17.3. The van der Waals surface area contributed by atoms with E-state index in [1.807, 2.05) is 0 Å². The van der Waals surface area contributed by atoms with Crippen LogP contribution >= 0.6 is 0 Å². The molecule has 0 amide bonds. The van der Waals surface area contributed by atoms with E-state index in [-0.39, 0.29) is 5.75 Å². The molecule has 0 aliphatic carbocycles. The van der Waals surface area contributed by atoms with Gasteiger partial charge in [0, 0.05) is 6.08 Å². The first-order chi connectivity index (χ1) is 10.1. The molecular weight excluding hydrogens is 300 g/mol. The molecule has 9 heteroatoms. The second-order valence-corrected chi connectivity index (χ2v) is 3.83. The summed E-state index contributed by atoms with van der Waals surface area (Å²) in [6, 6.07) is 6.27. The van der Waals surface area contributed by atoms with Gasteiger partial charge in [-0.1, -0.05) is 12.1 Å². The molecule has 0 aromatic heterocycles. The first kappa shape index (κ1) is 19.1. The summed E-state index contributed by atoms with van der Waals surface area (Å²) in [5.41, 5.74) is 0.746. The molecule has 1 aromatic carbocycles. The summed E-state index contributed by atoms with van der Waals surface area (Å²) in [4.78, 5) is 29.6. The van der Waals surface area contributed by atoms with Gasteiger partial charge in [0.15, 0.2) is 12.2 Å². The van der Waals surface area contributed by atoms with Crippen LogP contribution in [0.5, 0.6) is 5.75 Å². The standard InChI is InChI=1S/C9H8O3.C4H6O6/c10-8-4-1-7(2-5-8)3-6-9(11)12;5-1(3(7)8)2(6)4(9)10/h1-6,10H,(H,11,12);1-2,5-6H,(H,7,8)(H,9,10)/b6-3+;. The third kappa shape index (κ3) is 7.62. The zero-order valence-electron chi connectivity index (χ0n) is 11.0. The molecule has 0 saturated heterocycles. The van der Waals surface area contributed by atoms with Crippen LogP contribution in [0.15, 0.2) is 30.3 Å². The minimum atomic E-state index is -2.27. The maximum atomic E-state index is 10.1. The minimum Gasteiger partial charge on any atom is -0.508 e. The summed E-state index contributed by atoms with van der Waals surface area (Å²) in [6.45, 7) is 0.